The summed E-state index contributed by atoms with van der Waals surface area (Å²) in [5.41, 5.74) is 0.584. The number of hydrogen-bond acceptors (Lipinski definition) is 2. The summed E-state index contributed by atoms with van der Waals surface area (Å²) in [7, 11) is 0. The van der Waals surface area contributed by atoms with Gasteiger partial charge < -0.3 is 15.3 Å². The van der Waals surface area contributed by atoms with Crippen LogP contribution in [0, 0.1) is 0 Å². The zero-order valence-electron chi connectivity index (χ0n) is 12.3. The van der Waals surface area contributed by atoms with Gasteiger partial charge in [-0.3, -0.25) is 0 Å². The Morgan fingerprint density at radius 3 is 2.43 bits per heavy atom. The summed E-state index contributed by atoms with van der Waals surface area (Å²) in [4.78, 5) is 25.6. The van der Waals surface area contributed by atoms with Crippen LogP contribution in [0.3, 0.4) is 0 Å². The molecule has 114 valence electrons. The maximum absolute atomic E-state index is 12.4. The Hall–Kier alpha value is -2.04. The number of benzene rings is 1. The van der Waals surface area contributed by atoms with Crippen molar-refractivity contribution < 1.29 is 14.7 Å². The van der Waals surface area contributed by atoms with Crippen LogP contribution in [0.4, 0.5) is 4.79 Å². The van der Waals surface area contributed by atoms with Crippen LogP contribution in [0.2, 0.25) is 0 Å². The van der Waals surface area contributed by atoms with Gasteiger partial charge in [-0.15, -0.1) is 0 Å². The van der Waals surface area contributed by atoms with Gasteiger partial charge >= 0.3 is 12.0 Å². The number of aliphatic carboxylic acids is 1. The lowest BCUT2D eigenvalue weighted by Gasteiger charge is -2.29. The number of hydrogen-bond donors (Lipinski definition) is 2. The van der Waals surface area contributed by atoms with Crippen molar-refractivity contribution in [2.75, 3.05) is 6.54 Å². The minimum absolute atomic E-state index is 0.236. The molecule has 1 unspecified atom stereocenters. The third-order valence-electron chi connectivity index (χ3n) is 4.01. The average Bonchev–Trinajstić information content (AvgIpc) is 3.00. The van der Waals surface area contributed by atoms with Crippen molar-refractivity contribution >= 4 is 12.0 Å². The molecule has 0 radical (unpaired) electrons. The summed E-state index contributed by atoms with van der Waals surface area (Å²) >= 11 is 0. The lowest BCUT2D eigenvalue weighted by Crippen LogP contribution is -2.47. The number of urea groups is 1. The SMILES string of the molecule is CCN(C(=O)NC(C(=O)O)c1ccccc1)C1CCCC1. The van der Waals surface area contributed by atoms with Crippen molar-refractivity contribution in [2.45, 2.75) is 44.7 Å². The van der Waals surface area contributed by atoms with Crippen molar-refractivity contribution in [3.05, 3.63) is 35.9 Å². The van der Waals surface area contributed by atoms with E-state index in [2.05, 4.69) is 5.32 Å². The van der Waals surface area contributed by atoms with Crippen LogP contribution in [0.15, 0.2) is 30.3 Å². The summed E-state index contributed by atoms with van der Waals surface area (Å²) in [5.74, 6) is -1.04. The van der Waals surface area contributed by atoms with Gasteiger partial charge in [-0.2, -0.15) is 0 Å². The Kier molecular flexibility index (Phi) is 5.20. The fraction of sp³-hybridized carbons (Fsp3) is 0.500. The van der Waals surface area contributed by atoms with E-state index in [1.54, 1.807) is 29.2 Å². The maximum atomic E-state index is 12.4. The van der Waals surface area contributed by atoms with Gasteiger partial charge in [-0.05, 0) is 25.3 Å². The first-order valence-electron chi connectivity index (χ1n) is 7.48. The van der Waals surface area contributed by atoms with Crippen molar-refractivity contribution in [2.24, 2.45) is 0 Å². The van der Waals surface area contributed by atoms with Gasteiger partial charge in [0, 0.05) is 12.6 Å². The number of nitrogens with one attached hydrogen (secondary N) is 1. The molecule has 1 aliphatic carbocycles. The highest BCUT2D eigenvalue weighted by Crippen LogP contribution is 2.24. The molecule has 1 atom stereocenters. The molecule has 0 aliphatic heterocycles. The first-order chi connectivity index (χ1) is 10.1. The van der Waals surface area contributed by atoms with E-state index in [0.717, 1.165) is 25.7 Å². The lowest BCUT2D eigenvalue weighted by molar-refractivity contribution is -0.139. The Balaban J connectivity index is 2.09. The highest BCUT2D eigenvalue weighted by atomic mass is 16.4. The standard InChI is InChI=1S/C16H22N2O3/c1-2-18(13-10-6-7-11-13)16(21)17-14(15(19)20)12-8-4-3-5-9-12/h3-5,8-9,13-14H,2,6-7,10-11H2,1H3,(H,17,21)(H,19,20). The molecule has 2 rings (SSSR count). The first kappa shape index (κ1) is 15.4. The molecule has 5 nitrogen and oxygen atoms in total. The molecular formula is C16H22N2O3. The predicted octanol–water partition coefficient (Wildman–Crippen LogP) is 2.79. The number of amides is 2. The zero-order chi connectivity index (χ0) is 15.2. The Bertz CT molecular complexity index is 484. The van der Waals surface area contributed by atoms with Gasteiger partial charge in [0.05, 0.1) is 0 Å². The van der Waals surface area contributed by atoms with E-state index in [1.165, 1.54) is 0 Å². The molecule has 0 heterocycles. The summed E-state index contributed by atoms with van der Waals surface area (Å²) in [5, 5.41) is 12.0. The number of rotatable bonds is 5. The predicted molar refractivity (Wildman–Crippen MR) is 80.0 cm³/mol. The minimum atomic E-state index is -1.04. The van der Waals surface area contributed by atoms with E-state index >= 15 is 0 Å². The van der Waals surface area contributed by atoms with Crippen molar-refractivity contribution in [1.82, 2.24) is 10.2 Å². The topological polar surface area (TPSA) is 69.6 Å². The lowest BCUT2D eigenvalue weighted by atomic mass is 10.1. The van der Waals surface area contributed by atoms with Crippen LogP contribution in [0.25, 0.3) is 0 Å². The van der Waals surface area contributed by atoms with Crippen LogP contribution in [0.1, 0.15) is 44.2 Å². The fourth-order valence-electron chi connectivity index (χ4n) is 2.92. The molecule has 1 saturated carbocycles. The number of nitrogens with zero attached hydrogens (tertiary/aromatic N) is 1. The molecule has 21 heavy (non-hydrogen) atoms. The van der Waals surface area contributed by atoms with E-state index in [1.807, 2.05) is 13.0 Å². The van der Waals surface area contributed by atoms with Crippen LogP contribution >= 0.6 is 0 Å². The van der Waals surface area contributed by atoms with Gasteiger partial charge in [-0.25, -0.2) is 9.59 Å². The summed E-state index contributed by atoms with van der Waals surface area (Å²) < 4.78 is 0. The molecule has 2 amide bonds. The highest BCUT2D eigenvalue weighted by Gasteiger charge is 2.29. The number of carboxylic acids is 1. The molecule has 1 fully saturated rings. The Morgan fingerprint density at radius 1 is 1.29 bits per heavy atom. The van der Waals surface area contributed by atoms with Crippen molar-refractivity contribution in [1.29, 1.82) is 0 Å². The van der Waals surface area contributed by atoms with E-state index in [0.29, 0.717) is 12.1 Å². The molecule has 5 heteroatoms. The molecular weight excluding hydrogens is 268 g/mol. The smallest absolute Gasteiger partial charge is 0.330 e. The second-order valence-corrected chi connectivity index (χ2v) is 5.36. The number of carbonyl (C=O) groups is 2. The largest absolute Gasteiger partial charge is 0.479 e. The average molecular weight is 290 g/mol. The molecule has 0 spiro atoms. The molecule has 2 N–H and O–H groups in total. The number of carboxylic acid groups (broad SMARTS) is 1. The van der Waals surface area contributed by atoms with Crippen molar-refractivity contribution in [3.63, 3.8) is 0 Å². The summed E-state index contributed by atoms with van der Waals surface area (Å²) in [6.07, 6.45) is 4.28. The third-order valence-corrected chi connectivity index (χ3v) is 4.01. The van der Waals surface area contributed by atoms with E-state index in [-0.39, 0.29) is 12.1 Å². The van der Waals surface area contributed by atoms with Gasteiger partial charge in [0.1, 0.15) is 0 Å². The van der Waals surface area contributed by atoms with Gasteiger partial charge in [-0.1, -0.05) is 43.2 Å². The van der Waals surface area contributed by atoms with E-state index < -0.39 is 12.0 Å². The molecule has 1 aliphatic rings. The first-order valence-corrected chi connectivity index (χ1v) is 7.48. The van der Waals surface area contributed by atoms with Crippen molar-refractivity contribution in [3.8, 4) is 0 Å². The molecule has 0 bridgehead atoms. The minimum Gasteiger partial charge on any atom is -0.479 e. The van der Waals surface area contributed by atoms with Crippen LogP contribution in [-0.4, -0.2) is 34.6 Å². The van der Waals surface area contributed by atoms with Crippen LogP contribution in [0.5, 0.6) is 0 Å². The summed E-state index contributed by atoms with van der Waals surface area (Å²) in [6.45, 7) is 2.52. The van der Waals surface area contributed by atoms with Crippen LogP contribution < -0.4 is 5.32 Å². The molecule has 0 aromatic heterocycles. The second-order valence-electron chi connectivity index (χ2n) is 5.36. The maximum Gasteiger partial charge on any atom is 0.330 e. The molecule has 1 aromatic rings. The van der Waals surface area contributed by atoms with Gasteiger partial charge in [0.25, 0.3) is 0 Å². The van der Waals surface area contributed by atoms with E-state index in [4.69, 9.17) is 0 Å². The molecule has 0 saturated heterocycles. The van der Waals surface area contributed by atoms with Gasteiger partial charge in [0.15, 0.2) is 6.04 Å². The number of carbonyl (C=O) groups excluding carboxylic acids is 1. The van der Waals surface area contributed by atoms with Gasteiger partial charge in [0.2, 0.25) is 0 Å². The third kappa shape index (κ3) is 3.74. The second kappa shape index (κ2) is 7.11. The quantitative estimate of drug-likeness (QED) is 0.876. The fourth-order valence-corrected chi connectivity index (χ4v) is 2.92. The van der Waals surface area contributed by atoms with Crippen LogP contribution in [-0.2, 0) is 4.79 Å². The molecule has 1 aromatic carbocycles. The Morgan fingerprint density at radius 2 is 1.90 bits per heavy atom. The Labute approximate surface area is 125 Å². The van der Waals surface area contributed by atoms with E-state index in [9.17, 15) is 14.7 Å². The normalized spacial score (nSPS) is 16.4. The zero-order valence-corrected chi connectivity index (χ0v) is 12.3. The highest BCUT2D eigenvalue weighted by molar-refractivity contribution is 5.83. The summed E-state index contributed by atoms with van der Waals surface area (Å²) in [6, 6.07) is 7.73. The monoisotopic (exact) mass is 290 g/mol.